The maximum atomic E-state index is 11.6. The molecule has 1 amide bonds. The third-order valence-electron chi connectivity index (χ3n) is 2.94. The molecule has 0 aromatic rings. The molecule has 102 valence electrons. The van der Waals surface area contributed by atoms with Crippen molar-refractivity contribution in [2.75, 3.05) is 0 Å². The van der Waals surface area contributed by atoms with Gasteiger partial charge >= 0.3 is 6.09 Å². The van der Waals surface area contributed by atoms with Crippen LogP contribution in [-0.4, -0.2) is 23.3 Å². The molecule has 1 aliphatic carbocycles. The smallest absolute Gasteiger partial charge is 0.408 e. The summed E-state index contributed by atoms with van der Waals surface area (Å²) < 4.78 is 5.25. The highest BCUT2D eigenvalue weighted by molar-refractivity contribution is 5.85. The van der Waals surface area contributed by atoms with E-state index >= 15 is 0 Å². The Bertz CT molecular complexity index is 256. The van der Waals surface area contributed by atoms with Gasteiger partial charge in [-0.3, -0.25) is 0 Å². The quantitative estimate of drug-likeness (QED) is 0.765. The molecule has 0 saturated heterocycles. The van der Waals surface area contributed by atoms with Crippen LogP contribution < -0.4 is 11.1 Å². The fourth-order valence-corrected chi connectivity index (χ4v) is 1.95. The lowest BCUT2D eigenvalue weighted by Crippen LogP contribution is -2.51. The highest BCUT2D eigenvalue weighted by Gasteiger charge is 2.32. The molecule has 3 N–H and O–H groups in total. The minimum absolute atomic E-state index is 0. The lowest BCUT2D eigenvalue weighted by molar-refractivity contribution is 0.0435. The van der Waals surface area contributed by atoms with E-state index in [1.807, 2.05) is 20.8 Å². The summed E-state index contributed by atoms with van der Waals surface area (Å²) in [7, 11) is 0. The summed E-state index contributed by atoms with van der Waals surface area (Å²) in [5.74, 6) is 0. The van der Waals surface area contributed by atoms with Gasteiger partial charge in [0.05, 0.1) is 0 Å². The van der Waals surface area contributed by atoms with Gasteiger partial charge in [0, 0.05) is 11.6 Å². The van der Waals surface area contributed by atoms with Crippen LogP contribution in [0.5, 0.6) is 0 Å². The van der Waals surface area contributed by atoms with Crippen LogP contribution >= 0.6 is 12.4 Å². The molecule has 0 radical (unpaired) electrons. The zero-order valence-electron chi connectivity index (χ0n) is 11.2. The van der Waals surface area contributed by atoms with Crippen LogP contribution in [0.1, 0.15) is 53.4 Å². The van der Waals surface area contributed by atoms with Crippen LogP contribution in [0.3, 0.4) is 0 Å². The Morgan fingerprint density at radius 3 is 2.24 bits per heavy atom. The van der Waals surface area contributed by atoms with Crippen LogP contribution in [-0.2, 0) is 4.74 Å². The molecule has 0 heterocycles. The normalized spacial score (nSPS) is 29.1. The van der Waals surface area contributed by atoms with Gasteiger partial charge in [-0.25, -0.2) is 4.79 Å². The van der Waals surface area contributed by atoms with E-state index in [9.17, 15) is 4.79 Å². The van der Waals surface area contributed by atoms with Gasteiger partial charge in [-0.15, -0.1) is 12.4 Å². The number of carbonyl (C=O) groups excluding carboxylic acids is 1. The first-order valence-corrected chi connectivity index (χ1v) is 5.97. The molecule has 1 rings (SSSR count). The van der Waals surface area contributed by atoms with Crippen molar-refractivity contribution in [3.63, 3.8) is 0 Å². The van der Waals surface area contributed by atoms with Crippen LogP contribution in [0.2, 0.25) is 0 Å². The van der Waals surface area contributed by atoms with E-state index in [1.165, 1.54) is 0 Å². The second kappa shape index (κ2) is 5.91. The molecular formula is C12H25ClN2O2. The number of hydrogen-bond donors (Lipinski definition) is 2. The first-order chi connectivity index (χ1) is 7.20. The molecule has 0 unspecified atom stereocenters. The number of rotatable bonds is 1. The minimum Gasteiger partial charge on any atom is -0.444 e. The lowest BCUT2D eigenvalue weighted by Gasteiger charge is -2.37. The third kappa shape index (κ3) is 6.13. The first kappa shape index (κ1) is 16.5. The fraction of sp³-hybridized carbons (Fsp3) is 0.917. The number of ether oxygens (including phenoxy) is 1. The SMILES string of the molecule is CC1(NC(=O)OC(C)(C)C)CCC(N)CC1.Cl. The van der Waals surface area contributed by atoms with Gasteiger partial charge in [0.15, 0.2) is 0 Å². The Hall–Kier alpha value is -0.480. The van der Waals surface area contributed by atoms with E-state index in [1.54, 1.807) is 0 Å². The second-order valence-electron chi connectivity index (χ2n) is 6.02. The third-order valence-corrected chi connectivity index (χ3v) is 2.94. The van der Waals surface area contributed by atoms with Crippen molar-refractivity contribution < 1.29 is 9.53 Å². The molecule has 0 spiro atoms. The largest absolute Gasteiger partial charge is 0.444 e. The number of nitrogens with two attached hydrogens (primary N) is 1. The average Bonchev–Trinajstić information content (AvgIpc) is 2.07. The molecule has 0 bridgehead atoms. The van der Waals surface area contributed by atoms with Crippen molar-refractivity contribution in [1.82, 2.24) is 5.32 Å². The standard InChI is InChI=1S/C12H24N2O2.ClH/c1-11(2,3)16-10(15)14-12(4)7-5-9(13)6-8-12;/h9H,5-8,13H2,1-4H3,(H,14,15);1H. The Balaban J connectivity index is 0.00000256. The Morgan fingerprint density at radius 2 is 1.82 bits per heavy atom. The number of hydrogen-bond acceptors (Lipinski definition) is 3. The number of amides is 1. The summed E-state index contributed by atoms with van der Waals surface area (Å²) in [6.07, 6.45) is 3.45. The Kier molecular flexibility index (Phi) is 5.75. The predicted octanol–water partition coefficient (Wildman–Crippen LogP) is 2.59. The number of alkyl carbamates (subject to hydrolysis) is 1. The molecular weight excluding hydrogens is 240 g/mol. The summed E-state index contributed by atoms with van der Waals surface area (Å²) >= 11 is 0. The minimum atomic E-state index is -0.439. The Morgan fingerprint density at radius 1 is 1.35 bits per heavy atom. The number of carbonyl (C=O) groups is 1. The fourth-order valence-electron chi connectivity index (χ4n) is 1.95. The number of nitrogens with one attached hydrogen (secondary N) is 1. The predicted molar refractivity (Wildman–Crippen MR) is 71.5 cm³/mol. The van der Waals surface area contributed by atoms with Gasteiger partial charge in [-0.05, 0) is 53.4 Å². The number of halogens is 1. The Labute approximate surface area is 110 Å². The molecule has 0 aromatic heterocycles. The summed E-state index contributed by atoms with van der Waals surface area (Å²) in [5.41, 5.74) is 5.25. The van der Waals surface area contributed by atoms with E-state index < -0.39 is 5.60 Å². The summed E-state index contributed by atoms with van der Waals surface area (Å²) in [6, 6.07) is 0.286. The summed E-state index contributed by atoms with van der Waals surface area (Å²) in [5, 5.41) is 2.96. The topological polar surface area (TPSA) is 64.3 Å². The van der Waals surface area contributed by atoms with Crippen LogP contribution in [0, 0.1) is 0 Å². The van der Waals surface area contributed by atoms with Gasteiger partial charge < -0.3 is 15.8 Å². The molecule has 5 heteroatoms. The average molecular weight is 265 g/mol. The molecule has 1 saturated carbocycles. The van der Waals surface area contributed by atoms with Crippen molar-refractivity contribution in [3.8, 4) is 0 Å². The molecule has 1 aliphatic rings. The van der Waals surface area contributed by atoms with E-state index in [-0.39, 0.29) is 30.1 Å². The molecule has 1 fully saturated rings. The van der Waals surface area contributed by atoms with Gasteiger partial charge in [-0.1, -0.05) is 0 Å². The maximum absolute atomic E-state index is 11.6. The highest BCUT2D eigenvalue weighted by atomic mass is 35.5. The van der Waals surface area contributed by atoms with Crippen LogP contribution in [0.4, 0.5) is 4.79 Å². The molecule has 0 aromatic carbocycles. The first-order valence-electron chi connectivity index (χ1n) is 5.97. The zero-order chi connectivity index (χ0) is 12.4. The second-order valence-corrected chi connectivity index (χ2v) is 6.02. The van der Waals surface area contributed by atoms with Crippen molar-refractivity contribution in [3.05, 3.63) is 0 Å². The summed E-state index contributed by atoms with van der Waals surface area (Å²) in [4.78, 5) is 11.6. The zero-order valence-corrected chi connectivity index (χ0v) is 12.0. The van der Waals surface area contributed by atoms with Crippen molar-refractivity contribution in [1.29, 1.82) is 0 Å². The van der Waals surface area contributed by atoms with Crippen LogP contribution in [0.15, 0.2) is 0 Å². The monoisotopic (exact) mass is 264 g/mol. The summed E-state index contributed by atoms with van der Waals surface area (Å²) in [6.45, 7) is 7.66. The lowest BCUT2D eigenvalue weighted by atomic mass is 9.81. The molecule has 4 nitrogen and oxygen atoms in total. The van der Waals surface area contributed by atoms with Crippen molar-refractivity contribution in [2.24, 2.45) is 5.73 Å². The van der Waals surface area contributed by atoms with Gasteiger partial charge in [0.1, 0.15) is 5.60 Å². The van der Waals surface area contributed by atoms with E-state index in [4.69, 9.17) is 10.5 Å². The van der Waals surface area contributed by atoms with Gasteiger partial charge in [0.2, 0.25) is 0 Å². The maximum Gasteiger partial charge on any atom is 0.408 e. The van der Waals surface area contributed by atoms with Crippen molar-refractivity contribution >= 4 is 18.5 Å². The van der Waals surface area contributed by atoms with Gasteiger partial charge in [0.25, 0.3) is 0 Å². The van der Waals surface area contributed by atoms with Gasteiger partial charge in [-0.2, -0.15) is 0 Å². The molecule has 17 heavy (non-hydrogen) atoms. The van der Waals surface area contributed by atoms with E-state index in [2.05, 4.69) is 12.2 Å². The van der Waals surface area contributed by atoms with Crippen molar-refractivity contribution in [2.45, 2.75) is 70.6 Å². The van der Waals surface area contributed by atoms with E-state index in [0.717, 1.165) is 25.7 Å². The molecule has 0 aliphatic heterocycles. The highest BCUT2D eigenvalue weighted by Crippen LogP contribution is 2.27. The van der Waals surface area contributed by atoms with E-state index in [0.29, 0.717) is 0 Å². The molecule has 0 atom stereocenters. The van der Waals surface area contributed by atoms with Crippen LogP contribution in [0.25, 0.3) is 0 Å².